The third kappa shape index (κ3) is 3.22. The van der Waals surface area contributed by atoms with Crippen molar-refractivity contribution in [2.24, 2.45) is 11.8 Å². The third-order valence-corrected chi connectivity index (χ3v) is 8.60. The van der Waals surface area contributed by atoms with Crippen LogP contribution in [0.25, 0.3) is 0 Å². The molecule has 1 amide bonds. The average Bonchev–Trinajstić information content (AvgIpc) is 3.42. The summed E-state index contributed by atoms with van der Waals surface area (Å²) in [7, 11) is 1.29. The number of allylic oxidation sites excluding steroid dienone is 1. The number of carbonyl (C=O) groups excluding carboxylic acids is 4. The van der Waals surface area contributed by atoms with Gasteiger partial charge in [0.1, 0.15) is 5.92 Å². The van der Waals surface area contributed by atoms with E-state index in [-0.39, 0.29) is 30.9 Å². The Morgan fingerprint density at radius 1 is 1.05 bits per heavy atom. The molecule has 0 N–H and O–H groups in total. The molecular weight excluding hydrogens is 500 g/mol. The normalized spacial score (nSPS) is 31.1. The van der Waals surface area contributed by atoms with E-state index in [2.05, 4.69) is 0 Å². The second-order valence-corrected chi connectivity index (χ2v) is 10.4. The first-order valence-electron chi connectivity index (χ1n) is 13.2. The van der Waals surface area contributed by atoms with Crippen molar-refractivity contribution in [2.45, 2.75) is 50.7 Å². The van der Waals surface area contributed by atoms with Crippen molar-refractivity contribution in [2.75, 3.05) is 13.7 Å². The van der Waals surface area contributed by atoms with Crippen LogP contribution in [0.15, 0.2) is 71.9 Å². The Balaban J connectivity index is 1.68. The summed E-state index contributed by atoms with van der Waals surface area (Å²) < 4.78 is 17.6. The van der Waals surface area contributed by atoms with Crippen LogP contribution in [0.1, 0.15) is 43.9 Å². The molecule has 1 spiro atoms. The molecule has 0 radical (unpaired) electrons. The van der Waals surface area contributed by atoms with Gasteiger partial charge in [-0.3, -0.25) is 19.3 Å². The van der Waals surface area contributed by atoms with Gasteiger partial charge in [-0.2, -0.15) is 0 Å². The van der Waals surface area contributed by atoms with Crippen LogP contribution in [0, 0.1) is 11.8 Å². The lowest BCUT2D eigenvalue weighted by Gasteiger charge is -2.56. The number of ketones is 1. The number of nitrogens with zero attached hydrogens (tertiary/aromatic N) is 2. The summed E-state index contributed by atoms with van der Waals surface area (Å²) in [4.78, 5) is 58.6. The van der Waals surface area contributed by atoms with E-state index in [0.717, 1.165) is 5.56 Å². The highest BCUT2D eigenvalue weighted by Gasteiger charge is 2.84. The molecular formula is C30H30N2O7. The van der Waals surface area contributed by atoms with E-state index in [4.69, 9.17) is 14.2 Å². The minimum Gasteiger partial charge on any atom is -0.466 e. The molecule has 2 aromatic carbocycles. The molecule has 4 aliphatic heterocycles. The van der Waals surface area contributed by atoms with Gasteiger partial charge in [0.15, 0.2) is 5.78 Å². The van der Waals surface area contributed by atoms with Crippen LogP contribution in [0.3, 0.4) is 0 Å². The van der Waals surface area contributed by atoms with Crippen molar-refractivity contribution in [3.05, 3.63) is 83.1 Å². The average molecular weight is 531 g/mol. The molecule has 0 unspecified atom stereocenters. The number of benzene rings is 2. The molecule has 4 heterocycles. The standard InChI is InChI=1S/C30H30N2O7/c1-4-22(33)29-21-15-16-38-27(35)24(21)30(39-29)31(17-19-11-7-5-8-12-19)18(2)23(26(34)37-3)25(32(30)28(29)36)20-13-9-6-10-14-20/h5-14,21,24-25H,4,15-17H2,1-3H3/t21-,24-,25+,29+,30-/m0/s1. The molecule has 39 heavy (non-hydrogen) atoms. The van der Waals surface area contributed by atoms with Crippen molar-refractivity contribution < 1.29 is 33.4 Å². The molecule has 0 aliphatic carbocycles. The first-order valence-corrected chi connectivity index (χ1v) is 13.2. The van der Waals surface area contributed by atoms with Gasteiger partial charge in [0.05, 0.1) is 25.3 Å². The maximum absolute atomic E-state index is 14.7. The van der Waals surface area contributed by atoms with Gasteiger partial charge in [-0.15, -0.1) is 0 Å². The van der Waals surface area contributed by atoms with Crippen LogP contribution < -0.4 is 0 Å². The van der Waals surface area contributed by atoms with Crippen molar-refractivity contribution in [1.29, 1.82) is 0 Å². The number of fused-ring (bicyclic) bond motifs is 3. The van der Waals surface area contributed by atoms with Gasteiger partial charge in [0.2, 0.25) is 11.4 Å². The Kier molecular flexibility index (Phi) is 5.87. The van der Waals surface area contributed by atoms with E-state index in [1.807, 2.05) is 60.7 Å². The number of amides is 1. The summed E-state index contributed by atoms with van der Waals surface area (Å²) in [6.45, 7) is 3.78. The highest BCUT2D eigenvalue weighted by atomic mass is 16.6. The lowest BCUT2D eigenvalue weighted by Crippen LogP contribution is -2.71. The maximum atomic E-state index is 14.7. The van der Waals surface area contributed by atoms with Gasteiger partial charge in [-0.25, -0.2) is 4.79 Å². The number of piperidine rings is 1. The van der Waals surface area contributed by atoms with E-state index in [1.54, 1.807) is 18.7 Å². The lowest BCUT2D eigenvalue weighted by molar-refractivity contribution is -0.232. The molecule has 4 aliphatic rings. The molecule has 0 saturated carbocycles. The molecule has 0 aromatic heterocycles. The molecule has 3 fully saturated rings. The number of Topliss-reactive ketones (excluding diaryl/α,β-unsaturated/α-hetero) is 1. The summed E-state index contributed by atoms with van der Waals surface area (Å²) >= 11 is 0. The van der Waals surface area contributed by atoms with Crippen molar-refractivity contribution >= 4 is 23.6 Å². The Morgan fingerprint density at radius 2 is 1.72 bits per heavy atom. The number of carbonyl (C=O) groups is 4. The molecule has 3 saturated heterocycles. The van der Waals surface area contributed by atoms with Crippen LogP contribution in [-0.2, 0) is 39.9 Å². The molecule has 202 valence electrons. The summed E-state index contributed by atoms with van der Waals surface area (Å²) in [5, 5.41) is 0. The fraction of sp³-hybridized carbons (Fsp3) is 0.400. The topological polar surface area (TPSA) is 102 Å². The molecule has 2 aromatic rings. The second-order valence-electron chi connectivity index (χ2n) is 10.4. The lowest BCUT2D eigenvalue weighted by atomic mass is 9.68. The van der Waals surface area contributed by atoms with E-state index >= 15 is 0 Å². The smallest absolute Gasteiger partial charge is 0.337 e. The van der Waals surface area contributed by atoms with Gasteiger partial charge < -0.3 is 19.1 Å². The third-order valence-electron chi connectivity index (χ3n) is 8.60. The molecule has 6 rings (SSSR count). The Hall–Kier alpha value is -3.98. The monoisotopic (exact) mass is 530 g/mol. The van der Waals surface area contributed by atoms with Crippen LogP contribution in [0.2, 0.25) is 0 Å². The fourth-order valence-electron chi connectivity index (χ4n) is 6.99. The van der Waals surface area contributed by atoms with Gasteiger partial charge >= 0.3 is 11.9 Å². The SMILES string of the molecule is CCC(=O)[C@]12O[C@@]3([C@@H]4C(=O)OCC[C@@H]41)N(Cc1ccccc1)C(C)=C(C(=O)OC)[C@@H](c1ccccc1)N3C2=O. The Morgan fingerprint density at radius 3 is 2.36 bits per heavy atom. The van der Waals surface area contributed by atoms with E-state index in [1.165, 1.54) is 12.0 Å². The Bertz CT molecular complexity index is 1390. The highest BCUT2D eigenvalue weighted by Crippen LogP contribution is 2.65. The largest absolute Gasteiger partial charge is 0.466 e. The van der Waals surface area contributed by atoms with Crippen LogP contribution in [-0.4, -0.2) is 58.6 Å². The first kappa shape index (κ1) is 25.3. The molecule has 9 heteroatoms. The molecule has 2 bridgehead atoms. The van der Waals surface area contributed by atoms with Gasteiger partial charge in [-0.05, 0) is 24.5 Å². The zero-order valence-corrected chi connectivity index (χ0v) is 22.1. The van der Waals surface area contributed by atoms with Gasteiger partial charge in [0.25, 0.3) is 5.91 Å². The van der Waals surface area contributed by atoms with Crippen LogP contribution in [0.5, 0.6) is 0 Å². The number of methoxy groups -OCH3 is 1. The van der Waals surface area contributed by atoms with Crippen LogP contribution in [0.4, 0.5) is 0 Å². The van der Waals surface area contributed by atoms with Gasteiger partial charge in [-0.1, -0.05) is 67.6 Å². The summed E-state index contributed by atoms with van der Waals surface area (Å²) in [6, 6.07) is 17.6. The predicted octanol–water partition coefficient (Wildman–Crippen LogP) is 3.11. The first-order chi connectivity index (χ1) is 18.8. The number of rotatable bonds is 6. The minimum atomic E-state index is -1.85. The van der Waals surface area contributed by atoms with Gasteiger partial charge in [0, 0.05) is 24.6 Å². The minimum absolute atomic E-state index is 0.0545. The predicted molar refractivity (Wildman–Crippen MR) is 137 cm³/mol. The summed E-state index contributed by atoms with van der Waals surface area (Å²) in [5.74, 6) is -5.36. The number of ether oxygens (including phenoxy) is 3. The number of hydrogen-bond donors (Lipinski definition) is 0. The summed E-state index contributed by atoms with van der Waals surface area (Å²) in [5.41, 5.74) is 0.404. The number of esters is 2. The van der Waals surface area contributed by atoms with E-state index < -0.39 is 47.2 Å². The maximum Gasteiger partial charge on any atom is 0.337 e. The highest BCUT2D eigenvalue weighted by molar-refractivity contribution is 6.14. The zero-order chi connectivity index (χ0) is 27.5. The molecule has 5 atom stereocenters. The Labute approximate surface area is 226 Å². The van der Waals surface area contributed by atoms with Crippen molar-refractivity contribution in [3.63, 3.8) is 0 Å². The summed E-state index contributed by atoms with van der Waals surface area (Å²) in [6.07, 6.45) is 0.379. The number of hydrogen-bond acceptors (Lipinski definition) is 8. The second kappa shape index (κ2) is 9.05. The number of cyclic esters (lactones) is 1. The van der Waals surface area contributed by atoms with E-state index in [9.17, 15) is 19.2 Å². The molecule has 9 nitrogen and oxygen atoms in total. The zero-order valence-electron chi connectivity index (χ0n) is 22.1. The quantitative estimate of drug-likeness (QED) is 0.415. The van der Waals surface area contributed by atoms with Crippen molar-refractivity contribution in [3.8, 4) is 0 Å². The van der Waals surface area contributed by atoms with Crippen LogP contribution >= 0.6 is 0 Å². The van der Waals surface area contributed by atoms with Crippen molar-refractivity contribution in [1.82, 2.24) is 9.80 Å². The fourth-order valence-corrected chi connectivity index (χ4v) is 6.99. The van der Waals surface area contributed by atoms with E-state index in [0.29, 0.717) is 17.7 Å².